The molecule has 0 aromatic carbocycles. The van der Waals surface area contributed by atoms with Gasteiger partial charge in [0.25, 0.3) is 5.91 Å². The lowest BCUT2D eigenvalue weighted by atomic mass is 10.2. The molecule has 0 saturated carbocycles. The number of nitrogens with zero attached hydrogens (tertiary/aromatic N) is 3. The standard InChI is InChI=1S/C12H19N3O/c1-10-9-11(14(2)13-10)12(16)15-7-5-3-4-6-8-15/h9H,3-8H2,1-2H3. The molecular weight excluding hydrogens is 202 g/mol. The zero-order chi connectivity index (χ0) is 11.5. The Labute approximate surface area is 96.2 Å². The van der Waals surface area contributed by atoms with Gasteiger partial charge in [-0.05, 0) is 25.8 Å². The molecule has 1 amide bonds. The van der Waals surface area contributed by atoms with Gasteiger partial charge in [0, 0.05) is 20.1 Å². The van der Waals surface area contributed by atoms with Crippen molar-refractivity contribution in [1.82, 2.24) is 14.7 Å². The van der Waals surface area contributed by atoms with E-state index >= 15 is 0 Å². The molecule has 4 nitrogen and oxygen atoms in total. The summed E-state index contributed by atoms with van der Waals surface area (Å²) in [4.78, 5) is 14.2. The highest BCUT2D eigenvalue weighted by molar-refractivity contribution is 5.92. The van der Waals surface area contributed by atoms with Gasteiger partial charge < -0.3 is 4.90 Å². The molecule has 0 N–H and O–H groups in total. The molecule has 2 rings (SSSR count). The van der Waals surface area contributed by atoms with Crippen molar-refractivity contribution in [3.63, 3.8) is 0 Å². The molecule has 0 atom stereocenters. The summed E-state index contributed by atoms with van der Waals surface area (Å²) in [7, 11) is 1.83. The average molecular weight is 221 g/mol. The third kappa shape index (κ3) is 2.26. The molecule has 1 aliphatic heterocycles. The summed E-state index contributed by atoms with van der Waals surface area (Å²) in [6.45, 7) is 3.70. The Morgan fingerprint density at radius 2 is 1.88 bits per heavy atom. The van der Waals surface area contributed by atoms with Crippen molar-refractivity contribution < 1.29 is 4.79 Å². The van der Waals surface area contributed by atoms with Crippen LogP contribution in [0.2, 0.25) is 0 Å². The summed E-state index contributed by atoms with van der Waals surface area (Å²) in [5.41, 5.74) is 1.61. The largest absolute Gasteiger partial charge is 0.337 e. The van der Waals surface area contributed by atoms with E-state index < -0.39 is 0 Å². The SMILES string of the molecule is Cc1cc(C(=O)N2CCCCCC2)n(C)n1. The minimum atomic E-state index is 0.130. The van der Waals surface area contributed by atoms with Crippen molar-refractivity contribution in [2.45, 2.75) is 32.6 Å². The van der Waals surface area contributed by atoms with Gasteiger partial charge >= 0.3 is 0 Å². The van der Waals surface area contributed by atoms with Crippen molar-refractivity contribution >= 4 is 5.91 Å². The van der Waals surface area contributed by atoms with Crippen LogP contribution in [0.1, 0.15) is 41.9 Å². The molecule has 2 heterocycles. The van der Waals surface area contributed by atoms with Gasteiger partial charge in [-0.15, -0.1) is 0 Å². The molecule has 1 aliphatic rings. The maximum absolute atomic E-state index is 12.3. The normalized spacial score (nSPS) is 17.2. The van der Waals surface area contributed by atoms with Crippen LogP contribution in [0, 0.1) is 6.92 Å². The maximum atomic E-state index is 12.3. The number of aryl methyl sites for hydroxylation is 2. The van der Waals surface area contributed by atoms with E-state index in [0.29, 0.717) is 5.69 Å². The summed E-state index contributed by atoms with van der Waals surface area (Å²) in [6, 6.07) is 1.87. The van der Waals surface area contributed by atoms with Crippen LogP contribution in [0.25, 0.3) is 0 Å². The highest BCUT2D eigenvalue weighted by Gasteiger charge is 2.20. The lowest BCUT2D eigenvalue weighted by Gasteiger charge is -2.19. The first-order valence-electron chi connectivity index (χ1n) is 5.98. The number of carbonyl (C=O) groups excluding carboxylic acids is 1. The molecule has 0 aliphatic carbocycles. The van der Waals surface area contributed by atoms with E-state index in [0.717, 1.165) is 31.6 Å². The highest BCUT2D eigenvalue weighted by atomic mass is 16.2. The zero-order valence-electron chi connectivity index (χ0n) is 10.1. The summed E-state index contributed by atoms with van der Waals surface area (Å²) in [5, 5.41) is 4.22. The second-order valence-corrected chi connectivity index (χ2v) is 4.50. The molecule has 0 unspecified atom stereocenters. The van der Waals surface area contributed by atoms with Crippen LogP contribution < -0.4 is 0 Å². The first-order chi connectivity index (χ1) is 7.68. The molecule has 1 saturated heterocycles. The van der Waals surface area contributed by atoms with E-state index in [9.17, 15) is 4.79 Å². The van der Waals surface area contributed by atoms with E-state index in [2.05, 4.69) is 5.10 Å². The Balaban J connectivity index is 2.14. The Hall–Kier alpha value is -1.32. The Morgan fingerprint density at radius 1 is 1.25 bits per heavy atom. The van der Waals surface area contributed by atoms with Gasteiger partial charge in [-0.1, -0.05) is 12.8 Å². The number of aromatic nitrogens is 2. The third-order valence-corrected chi connectivity index (χ3v) is 3.11. The third-order valence-electron chi connectivity index (χ3n) is 3.11. The van der Waals surface area contributed by atoms with E-state index in [4.69, 9.17) is 0 Å². The lowest BCUT2D eigenvalue weighted by Crippen LogP contribution is -2.33. The summed E-state index contributed by atoms with van der Waals surface area (Å²) >= 11 is 0. The fourth-order valence-electron chi connectivity index (χ4n) is 2.25. The van der Waals surface area contributed by atoms with Crippen LogP contribution in [0.3, 0.4) is 0 Å². The molecule has 1 aromatic rings. The lowest BCUT2D eigenvalue weighted by molar-refractivity contribution is 0.0750. The number of rotatable bonds is 1. The zero-order valence-corrected chi connectivity index (χ0v) is 10.1. The molecule has 0 spiro atoms. The van der Waals surface area contributed by atoms with Gasteiger partial charge in [0.15, 0.2) is 0 Å². The van der Waals surface area contributed by atoms with Crippen LogP contribution in [0.4, 0.5) is 0 Å². The number of carbonyl (C=O) groups is 1. The highest BCUT2D eigenvalue weighted by Crippen LogP contribution is 2.13. The van der Waals surface area contributed by atoms with E-state index in [1.807, 2.05) is 24.9 Å². The van der Waals surface area contributed by atoms with Crippen molar-refractivity contribution in [1.29, 1.82) is 0 Å². The first kappa shape index (κ1) is 11.2. The average Bonchev–Trinajstić information content (AvgIpc) is 2.49. The molecule has 4 heteroatoms. The van der Waals surface area contributed by atoms with Gasteiger partial charge in [0.05, 0.1) is 5.69 Å². The molecule has 0 bridgehead atoms. The van der Waals surface area contributed by atoms with Gasteiger partial charge in [-0.25, -0.2) is 0 Å². The molecular formula is C12H19N3O. The minimum Gasteiger partial charge on any atom is -0.337 e. The summed E-state index contributed by atoms with van der Waals surface area (Å²) in [6.07, 6.45) is 4.74. The summed E-state index contributed by atoms with van der Waals surface area (Å²) < 4.78 is 1.68. The van der Waals surface area contributed by atoms with Crippen LogP contribution >= 0.6 is 0 Å². The van der Waals surface area contributed by atoms with Gasteiger partial charge in [-0.3, -0.25) is 9.48 Å². The molecule has 1 fully saturated rings. The van der Waals surface area contributed by atoms with E-state index in [1.54, 1.807) is 4.68 Å². The Bertz CT molecular complexity index is 376. The maximum Gasteiger partial charge on any atom is 0.272 e. The Morgan fingerprint density at radius 3 is 2.38 bits per heavy atom. The predicted octanol–water partition coefficient (Wildman–Crippen LogP) is 1.74. The van der Waals surface area contributed by atoms with Gasteiger partial charge in [0.1, 0.15) is 5.69 Å². The van der Waals surface area contributed by atoms with Crippen LogP contribution in [0.5, 0.6) is 0 Å². The van der Waals surface area contributed by atoms with Gasteiger partial charge in [-0.2, -0.15) is 5.10 Å². The minimum absolute atomic E-state index is 0.130. The van der Waals surface area contributed by atoms with Crippen LogP contribution in [-0.2, 0) is 7.05 Å². The second kappa shape index (κ2) is 4.68. The second-order valence-electron chi connectivity index (χ2n) is 4.50. The van der Waals surface area contributed by atoms with E-state index in [-0.39, 0.29) is 5.91 Å². The molecule has 16 heavy (non-hydrogen) atoms. The first-order valence-corrected chi connectivity index (χ1v) is 5.98. The molecule has 88 valence electrons. The molecule has 1 aromatic heterocycles. The van der Waals surface area contributed by atoms with Crippen LogP contribution in [0.15, 0.2) is 6.07 Å². The number of hydrogen-bond acceptors (Lipinski definition) is 2. The van der Waals surface area contributed by atoms with Crippen LogP contribution in [-0.4, -0.2) is 33.7 Å². The quantitative estimate of drug-likeness (QED) is 0.724. The smallest absolute Gasteiger partial charge is 0.272 e. The predicted molar refractivity (Wildman–Crippen MR) is 62.3 cm³/mol. The fourth-order valence-corrected chi connectivity index (χ4v) is 2.25. The number of likely N-dealkylation sites (tertiary alicyclic amines) is 1. The van der Waals surface area contributed by atoms with Crippen molar-refractivity contribution in [2.24, 2.45) is 7.05 Å². The van der Waals surface area contributed by atoms with Crippen molar-refractivity contribution in [2.75, 3.05) is 13.1 Å². The monoisotopic (exact) mass is 221 g/mol. The van der Waals surface area contributed by atoms with Crippen molar-refractivity contribution in [3.8, 4) is 0 Å². The number of hydrogen-bond donors (Lipinski definition) is 0. The number of amides is 1. The van der Waals surface area contributed by atoms with E-state index in [1.165, 1.54) is 12.8 Å². The Kier molecular flexibility index (Phi) is 3.27. The van der Waals surface area contributed by atoms with Gasteiger partial charge in [0.2, 0.25) is 0 Å². The summed E-state index contributed by atoms with van der Waals surface area (Å²) in [5.74, 6) is 0.130. The van der Waals surface area contributed by atoms with Crippen molar-refractivity contribution in [3.05, 3.63) is 17.5 Å². The fraction of sp³-hybridized carbons (Fsp3) is 0.667. The topological polar surface area (TPSA) is 38.1 Å². The molecule has 0 radical (unpaired) electrons.